The Balaban J connectivity index is 2.16. The summed E-state index contributed by atoms with van der Waals surface area (Å²) in [4.78, 5) is 2.48. The summed E-state index contributed by atoms with van der Waals surface area (Å²) in [5, 5.41) is 12.8. The quantitative estimate of drug-likeness (QED) is 0.690. The SMILES string of the molecule is CCC(O)CNC1CCN(C(C)C)C1. The van der Waals surface area contributed by atoms with Crippen molar-refractivity contribution in [2.24, 2.45) is 0 Å². The molecule has 2 atom stereocenters. The fourth-order valence-corrected chi connectivity index (χ4v) is 1.87. The molecule has 1 aliphatic heterocycles. The summed E-state index contributed by atoms with van der Waals surface area (Å²) in [5.74, 6) is 0. The van der Waals surface area contributed by atoms with E-state index in [2.05, 4.69) is 24.1 Å². The first-order valence-electron chi connectivity index (χ1n) is 5.79. The summed E-state index contributed by atoms with van der Waals surface area (Å²) in [5.41, 5.74) is 0. The van der Waals surface area contributed by atoms with Crippen LogP contribution in [0.2, 0.25) is 0 Å². The van der Waals surface area contributed by atoms with E-state index in [1.54, 1.807) is 0 Å². The number of rotatable bonds is 5. The van der Waals surface area contributed by atoms with Crippen LogP contribution in [0.4, 0.5) is 0 Å². The van der Waals surface area contributed by atoms with Crippen molar-refractivity contribution in [3.63, 3.8) is 0 Å². The molecule has 0 aromatic carbocycles. The first kappa shape index (κ1) is 12.0. The number of likely N-dealkylation sites (tertiary alicyclic amines) is 1. The van der Waals surface area contributed by atoms with Crippen LogP contribution in [0.15, 0.2) is 0 Å². The molecule has 0 spiro atoms. The summed E-state index contributed by atoms with van der Waals surface area (Å²) in [7, 11) is 0. The van der Waals surface area contributed by atoms with E-state index in [0.717, 1.165) is 19.5 Å². The highest BCUT2D eigenvalue weighted by Crippen LogP contribution is 2.12. The minimum Gasteiger partial charge on any atom is -0.392 e. The Hall–Kier alpha value is -0.120. The van der Waals surface area contributed by atoms with Crippen LogP contribution in [0, 0.1) is 0 Å². The fourth-order valence-electron chi connectivity index (χ4n) is 1.87. The number of hydrogen-bond donors (Lipinski definition) is 2. The predicted molar refractivity (Wildman–Crippen MR) is 59.4 cm³/mol. The minimum atomic E-state index is -0.178. The lowest BCUT2D eigenvalue weighted by Crippen LogP contribution is -2.38. The van der Waals surface area contributed by atoms with Gasteiger partial charge in [0, 0.05) is 25.2 Å². The van der Waals surface area contributed by atoms with E-state index in [4.69, 9.17) is 0 Å². The Labute approximate surface area is 87.5 Å². The third-order valence-electron chi connectivity index (χ3n) is 3.06. The summed E-state index contributed by atoms with van der Waals surface area (Å²) in [6, 6.07) is 1.23. The molecule has 0 bridgehead atoms. The van der Waals surface area contributed by atoms with Gasteiger partial charge < -0.3 is 10.4 Å². The Morgan fingerprint density at radius 3 is 2.71 bits per heavy atom. The van der Waals surface area contributed by atoms with Crippen molar-refractivity contribution < 1.29 is 5.11 Å². The molecule has 2 N–H and O–H groups in total. The highest BCUT2D eigenvalue weighted by atomic mass is 16.3. The first-order chi connectivity index (χ1) is 6.63. The van der Waals surface area contributed by atoms with Gasteiger partial charge >= 0.3 is 0 Å². The zero-order valence-electron chi connectivity index (χ0n) is 9.66. The average Bonchev–Trinajstić information content (AvgIpc) is 2.62. The lowest BCUT2D eigenvalue weighted by atomic mass is 10.2. The van der Waals surface area contributed by atoms with Crippen molar-refractivity contribution in [2.45, 2.75) is 51.8 Å². The molecule has 84 valence electrons. The molecule has 1 aliphatic rings. The molecule has 1 rings (SSSR count). The van der Waals surface area contributed by atoms with Crippen molar-refractivity contribution >= 4 is 0 Å². The van der Waals surface area contributed by atoms with Crippen LogP contribution in [-0.4, -0.2) is 47.8 Å². The molecule has 0 aromatic heterocycles. The molecular weight excluding hydrogens is 176 g/mol. The predicted octanol–water partition coefficient (Wildman–Crippen LogP) is 0.830. The van der Waals surface area contributed by atoms with Crippen molar-refractivity contribution in [3.8, 4) is 0 Å². The van der Waals surface area contributed by atoms with Gasteiger partial charge in [0.05, 0.1) is 6.10 Å². The minimum absolute atomic E-state index is 0.178. The van der Waals surface area contributed by atoms with E-state index in [1.807, 2.05) is 6.92 Å². The Morgan fingerprint density at radius 2 is 2.21 bits per heavy atom. The highest BCUT2D eigenvalue weighted by molar-refractivity contribution is 4.83. The number of aliphatic hydroxyl groups excluding tert-OH is 1. The molecule has 0 radical (unpaired) electrons. The van der Waals surface area contributed by atoms with E-state index in [-0.39, 0.29) is 6.10 Å². The van der Waals surface area contributed by atoms with E-state index in [0.29, 0.717) is 12.1 Å². The maximum atomic E-state index is 9.42. The second-order valence-electron chi connectivity index (χ2n) is 4.54. The van der Waals surface area contributed by atoms with Crippen LogP contribution < -0.4 is 5.32 Å². The molecule has 0 aromatic rings. The number of aliphatic hydroxyl groups is 1. The molecule has 3 nitrogen and oxygen atoms in total. The summed E-state index contributed by atoms with van der Waals surface area (Å²) >= 11 is 0. The van der Waals surface area contributed by atoms with Gasteiger partial charge in [0.15, 0.2) is 0 Å². The lowest BCUT2D eigenvalue weighted by Gasteiger charge is -2.21. The lowest BCUT2D eigenvalue weighted by molar-refractivity contribution is 0.162. The summed E-state index contributed by atoms with van der Waals surface area (Å²) in [6.45, 7) is 9.56. The van der Waals surface area contributed by atoms with Gasteiger partial charge in [0.25, 0.3) is 0 Å². The summed E-state index contributed by atoms with van der Waals surface area (Å²) in [6.07, 6.45) is 1.88. The molecule has 1 fully saturated rings. The van der Waals surface area contributed by atoms with Crippen molar-refractivity contribution in [2.75, 3.05) is 19.6 Å². The van der Waals surface area contributed by atoms with E-state index < -0.39 is 0 Å². The molecule has 1 heterocycles. The molecular formula is C11H24N2O. The molecule has 2 unspecified atom stereocenters. The normalized spacial score (nSPS) is 25.9. The highest BCUT2D eigenvalue weighted by Gasteiger charge is 2.23. The molecule has 0 saturated carbocycles. The van der Waals surface area contributed by atoms with Crippen LogP contribution in [-0.2, 0) is 0 Å². The first-order valence-corrected chi connectivity index (χ1v) is 5.79. The van der Waals surface area contributed by atoms with Gasteiger partial charge in [-0.3, -0.25) is 4.90 Å². The zero-order valence-corrected chi connectivity index (χ0v) is 9.66. The number of hydrogen-bond acceptors (Lipinski definition) is 3. The zero-order chi connectivity index (χ0) is 10.6. The van der Waals surface area contributed by atoms with E-state index in [9.17, 15) is 5.11 Å². The molecule has 14 heavy (non-hydrogen) atoms. The van der Waals surface area contributed by atoms with Gasteiger partial charge in [-0.2, -0.15) is 0 Å². The van der Waals surface area contributed by atoms with Crippen LogP contribution in [0.3, 0.4) is 0 Å². The monoisotopic (exact) mass is 200 g/mol. The maximum Gasteiger partial charge on any atom is 0.0662 e. The molecule has 0 amide bonds. The smallest absolute Gasteiger partial charge is 0.0662 e. The third-order valence-corrected chi connectivity index (χ3v) is 3.06. The van der Waals surface area contributed by atoms with Crippen LogP contribution in [0.25, 0.3) is 0 Å². The van der Waals surface area contributed by atoms with Crippen LogP contribution in [0.1, 0.15) is 33.6 Å². The summed E-state index contributed by atoms with van der Waals surface area (Å²) < 4.78 is 0. The second-order valence-corrected chi connectivity index (χ2v) is 4.54. The maximum absolute atomic E-state index is 9.42. The second kappa shape index (κ2) is 5.69. The van der Waals surface area contributed by atoms with Crippen LogP contribution in [0.5, 0.6) is 0 Å². The Morgan fingerprint density at radius 1 is 1.50 bits per heavy atom. The van der Waals surface area contributed by atoms with Crippen molar-refractivity contribution in [1.82, 2.24) is 10.2 Å². The molecule has 3 heteroatoms. The van der Waals surface area contributed by atoms with Gasteiger partial charge in [-0.05, 0) is 33.2 Å². The standard InChI is InChI=1S/C11H24N2O/c1-4-11(14)7-12-10-5-6-13(8-10)9(2)3/h9-12,14H,4-8H2,1-3H3. The van der Waals surface area contributed by atoms with Crippen molar-refractivity contribution in [1.29, 1.82) is 0 Å². The van der Waals surface area contributed by atoms with Crippen molar-refractivity contribution in [3.05, 3.63) is 0 Å². The Kier molecular flexibility index (Phi) is 4.85. The van der Waals surface area contributed by atoms with Crippen LogP contribution >= 0.6 is 0 Å². The van der Waals surface area contributed by atoms with Gasteiger partial charge in [-0.15, -0.1) is 0 Å². The van der Waals surface area contributed by atoms with E-state index >= 15 is 0 Å². The molecule has 1 saturated heterocycles. The largest absolute Gasteiger partial charge is 0.392 e. The Bertz CT molecular complexity index is 161. The molecule has 0 aliphatic carbocycles. The van der Waals surface area contributed by atoms with E-state index in [1.165, 1.54) is 13.0 Å². The average molecular weight is 200 g/mol. The van der Waals surface area contributed by atoms with Gasteiger partial charge in [0.2, 0.25) is 0 Å². The fraction of sp³-hybridized carbons (Fsp3) is 1.00. The van der Waals surface area contributed by atoms with Gasteiger partial charge in [0.1, 0.15) is 0 Å². The number of nitrogens with one attached hydrogen (secondary N) is 1. The third kappa shape index (κ3) is 3.56. The van der Waals surface area contributed by atoms with Gasteiger partial charge in [-0.1, -0.05) is 6.92 Å². The topological polar surface area (TPSA) is 35.5 Å². The van der Waals surface area contributed by atoms with Gasteiger partial charge in [-0.25, -0.2) is 0 Å². The number of nitrogens with zero attached hydrogens (tertiary/aromatic N) is 1.